The molecule has 0 aliphatic carbocycles. The van der Waals surface area contributed by atoms with Crippen LogP contribution in [-0.4, -0.2) is 44.4 Å². The lowest BCUT2D eigenvalue weighted by Gasteiger charge is -2.15. The average molecular weight is 288 g/mol. The van der Waals surface area contributed by atoms with E-state index >= 15 is 0 Å². The van der Waals surface area contributed by atoms with Crippen LogP contribution in [0.3, 0.4) is 0 Å². The second-order valence-corrected chi connectivity index (χ2v) is 5.17. The highest BCUT2D eigenvalue weighted by atomic mass is 15.3. The van der Waals surface area contributed by atoms with Gasteiger partial charge in [0.05, 0.1) is 5.69 Å². The minimum atomic E-state index is 0.257. The number of aryl methyl sites for hydroxylation is 1. The monoisotopic (exact) mass is 288 g/mol. The lowest BCUT2D eigenvalue weighted by atomic mass is 10.3. The van der Waals surface area contributed by atoms with E-state index in [9.17, 15) is 0 Å². The van der Waals surface area contributed by atoms with E-state index in [1.807, 2.05) is 19.3 Å². The number of anilines is 3. The van der Waals surface area contributed by atoms with Crippen LogP contribution in [0.1, 0.15) is 18.5 Å². The smallest absolute Gasteiger partial charge is 0.231 e. The lowest BCUT2D eigenvalue weighted by Crippen LogP contribution is -2.22. The van der Waals surface area contributed by atoms with Crippen molar-refractivity contribution >= 4 is 17.8 Å². The number of nitrogens with two attached hydrogens (primary N) is 1. The first-order valence-corrected chi connectivity index (χ1v) is 7.19. The van der Waals surface area contributed by atoms with Gasteiger partial charge in [-0.05, 0) is 18.9 Å². The van der Waals surface area contributed by atoms with Crippen LogP contribution < -0.4 is 16.0 Å². The summed E-state index contributed by atoms with van der Waals surface area (Å²) in [7, 11) is 1.91. The molecule has 0 saturated carbocycles. The molecule has 0 radical (unpaired) electrons. The third-order valence-electron chi connectivity index (χ3n) is 3.46. The highest BCUT2D eigenvalue weighted by Crippen LogP contribution is 2.17. The van der Waals surface area contributed by atoms with Gasteiger partial charge in [-0.25, -0.2) is 0 Å². The summed E-state index contributed by atoms with van der Waals surface area (Å²) in [4.78, 5) is 14.9. The number of rotatable bonds is 5. The minimum absolute atomic E-state index is 0.257. The fraction of sp³-hybridized carbons (Fsp3) is 0.538. The molecule has 3 rings (SSSR count). The predicted molar refractivity (Wildman–Crippen MR) is 81.1 cm³/mol. The van der Waals surface area contributed by atoms with Crippen LogP contribution in [0.2, 0.25) is 0 Å². The standard InChI is InChI=1S/C13H20N8/c1-20-9-5-10(19-20)4-6-15-12-16-11(14)17-13(18-12)21-7-2-3-8-21/h5,9H,2-4,6-8H2,1H3,(H3,14,15,16,17,18). The van der Waals surface area contributed by atoms with Gasteiger partial charge in [0, 0.05) is 39.3 Å². The molecule has 0 bridgehead atoms. The van der Waals surface area contributed by atoms with Gasteiger partial charge in [0.1, 0.15) is 0 Å². The summed E-state index contributed by atoms with van der Waals surface area (Å²) >= 11 is 0. The maximum absolute atomic E-state index is 5.77. The summed E-state index contributed by atoms with van der Waals surface area (Å²) < 4.78 is 1.79. The fourth-order valence-corrected chi connectivity index (χ4v) is 2.42. The van der Waals surface area contributed by atoms with Crippen molar-refractivity contribution in [2.24, 2.45) is 7.05 Å². The van der Waals surface area contributed by atoms with Gasteiger partial charge in [-0.15, -0.1) is 0 Å². The van der Waals surface area contributed by atoms with Crippen molar-refractivity contribution in [1.29, 1.82) is 0 Å². The molecule has 3 heterocycles. The van der Waals surface area contributed by atoms with Gasteiger partial charge in [0.2, 0.25) is 17.8 Å². The second kappa shape index (κ2) is 5.94. The van der Waals surface area contributed by atoms with Gasteiger partial charge in [-0.3, -0.25) is 4.68 Å². The molecule has 1 aliphatic rings. The molecule has 0 spiro atoms. The van der Waals surface area contributed by atoms with Crippen LogP contribution in [-0.2, 0) is 13.5 Å². The zero-order valence-corrected chi connectivity index (χ0v) is 12.2. The molecular weight excluding hydrogens is 268 g/mol. The molecule has 0 atom stereocenters. The van der Waals surface area contributed by atoms with Gasteiger partial charge in [0.25, 0.3) is 0 Å². The van der Waals surface area contributed by atoms with E-state index in [0.29, 0.717) is 18.4 Å². The molecule has 1 fully saturated rings. The van der Waals surface area contributed by atoms with Crippen molar-refractivity contribution in [3.63, 3.8) is 0 Å². The summed E-state index contributed by atoms with van der Waals surface area (Å²) in [5.41, 5.74) is 6.80. The Morgan fingerprint density at radius 2 is 2.05 bits per heavy atom. The molecular formula is C13H20N8. The van der Waals surface area contributed by atoms with E-state index in [1.54, 1.807) is 4.68 Å². The van der Waals surface area contributed by atoms with Gasteiger partial charge in [-0.1, -0.05) is 0 Å². The molecule has 21 heavy (non-hydrogen) atoms. The average Bonchev–Trinajstić information content (AvgIpc) is 3.10. The molecule has 112 valence electrons. The van der Waals surface area contributed by atoms with E-state index in [2.05, 4.69) is 30.3 Å². The molecule has 1 saturated heterocycles. The third-order valence-corrected chi connectivity index (χ3v) is 3.46. The van der Waals surface area contributed by atoms with E-state index in [1.165, 1.54) is 12.8 Å². The maximum atomic E-state index is 5.77. The summed E-state index contributed by atoms with van der Waals surface area (Å²) in [6.07, 6.45) is 5.09. The van der Waals surface area contributed by atoms with E-state index in [0.717, 1.165) is 25.2 Å². The summed E-state index contributed by atoms with van der Waals surface area (Å²) in [6, 6.07) is 2.00. The lowest BCUT2D eigenvalue weighted by molar-refractivity contribution is 0.741. The molecule has 0 unspecified atom stereocenters. The number of hydrogen-bond donors (Lipinski definition) is 2. The molecule has 8 nitrogen and oxygen atoms in total. The van der Waals surface area contributed by atoms with E-state index in [-0.39, 0.29) is 5.95 Å². The quantitative estimate of drug-likeness (QED) is 0.824. The SMILES string of the molecule is Cn1ccc(CCNc2nc(N)nc(N3CCCC3)n2)n1. The Bertz CT molecular complexity index is 602. The van der Waals surface area contributed by atoms with Crippen LogP contribution >= 0.6 is 0 Å². The van der Waals surface area contributed by atoms with Gasteiger partial charge >= 0.3 is 0 Å². The Morgan fingerprint density at radius 1 is 1.24 bits per heavy atom. The van der Waals surface area contributed by atoms with Crippen molar-refractivity contribution in [1.82, 2.24) is 24.7 Å². The zero-order chi connectivity index (χ0) is 14.7. The largest absolute Gasteiger partial charge is 0.368 e. The molecule has 3 N–H and O–H groups in total. The minimum Gasteiger partial charge on any atom is -0.368 e. The Labute approximate surface area is 123 Å². The molecule has 2 aromatic heterocycles. The molecule has 8 heteroatoms. The number of aromatic nitrogens is 5. The Balaban J connectivity index is 1.61. The van der Waals surface area contributed by atoms with Crippen LogP contribution in [0.15, 0.2) is 12.3 Å². The summed E-state index contributed by atoms with van der Waals surface area (Å²) in [6.45, 7) is 2.67. The number of nitrogens with one attached hydrogen (secondary N) is 1. The number of nitrogens with zero attached hydrogens (tertiary/aromatic N) is 6. The summed E-state index contributed by atoms with van der Waals surface area (Å²) in [5, 5.41) is 7.52. The normalized spacial score (nSPS) is 14.6. The molecule has 2 aromatic rings. The van der Waals surface area contributed by atoms with Crippen molar-refractivity contribution in [2.45, 2.75) is 19.3 Å². The first-order chi connectivity index (χ1) is 10.2. The van der Waals surface area contributed by atoms with Crippen molar-refractivity contribution < 1.29 is 0 Å². The highest BCUT2D eigenvalue weighted by molar-refractivity contribution is 5.42. The Hall–Kier alpha value is -2.38. The highest BCUT2D eigenvalue weighted by Gasteiger charge is 2.16. The van der Waals surface area contributed by atoms with Crippen molar-refractivity contribution in [3.8, 4) is 0 Å². The number of nitrogen functional groups attached to an aromatic ring is 1. The van der Waals surface area contributed by atoms with Gasteiger partial charge in [0.15, 0.2) is 0 Å². The molecule has 0 aromatic carbocycles. The predicted octanol–water partition coefficient (Wildman–Crippen LogP) is 0.442. The van der Waals surface area contributed by atoms with Crippen LogP contribution in [0.5, 0.6) is 0 Å². The van der Waals surface area contributed by atoms with Crippen LogP contribution in [0, 0.1) is 0 Å². The Kier molecular flexibility index (Phi) is 3.85. The first kappa shape index (κ1) is 13.6. The van der Waals surface area contributed by atoms with Gasteiger partial charge < -0.3 is 16.0 Å². The second-order valence-electron chi connectivity index (χ2n) is 5.17. The van der Waals surface area contributed by atoms with Crippen LogP contribution in [0.25, 0.3) is 0 Å². The van der Waals surface area contributed by atoms with Crippen molar-refractivity contribution in [2.75, 3.05) is 35.6 Å². The topological polar surface area (TPSA) is 97.8 Å². The summed E-state index contributed by atoms with van der Waals surface area (Å²) in [5.74, 6) is 1.45. The van der Waals surface area contributed by atoms with Gasteiger partial charge in [-0.2, -0.15) is 20.1 Å². The van der Waals surface area contributed by atoms with E-state index in [4.69, 9.17) is 5.73 Å². The van der Waals surface area contributed by atoms with Crippen LogP contribution in [0.4, 0.5) is 17.8 Å². The zero-order valence-electron chi connectivity index (χ0n) is 12.2. The van der Waals surface area contributed by atoms with Crippen molar-refractivity contribution in [3.05, 3.63) is 18.0 Å². The van der Waals surface area contributed by atoms with E-state index < -0.39 is 0 Å². The molecule has 0 amide bonds. The first-order valence-electron chi connectivity index (χ1n) is 7.19. The molecule has 1 aliphatic heterocycles. The number of hydrogen-bond acceptors (Lipinski definition) is 7. The Morgan fingerprint density at radius 3 is 2.76 bits per heavy atom. The maximum Gasteiger partial charge on any atom is 0.231 e. The fourth-order valence-electron chi connectivity index (χ4n) is 2.42. The third kappa shape index (κ3) is 3.39.